The summed E-state index contributed by atoms with van der Waals surface area (Å²) in [7, 11) is 3.46. The predicted octanol–water partition coefficient (Wildman–Crippen LogP) is 1.52. The van der Waals surface area contributed by atoms with Crippen molar-refractivity contribution in [3.63, 3.8) is 0 Å². The van der Waals surface area contributed by atoms with Gasteiger partial charge in [-0.05, 0) is 30.5 Å². The Balaban J connectivity index is 2.63. The summed E-state index contributed by atoms with van der Waals surface area (Å²) in [5, 5.41) is 1.35. The number of aryl methyl sites for hydroxylation is 1. The number of amides is 1. The van der Waals surface area contributed by atoms with Gasteiger partial charge in [-0.1, -0.05) is 25.5 Å². The number of rotatable bonds is 4. The molecule has 0 saturated heterocycles. The summed E-state index contributed by atoms with van der Waals surface area (Å²) in [6.45, 7) is 2.18. The van der Waals surface area contributed by atoms with E-state index in [0.717, 1.165) is 12.0 Å². The van der Waals surface area contributed by atoms with E-state index in [0.29, 0.717) is 0 Å². The van der Waals surface area contributed by atoms with Crippen LogP contribution in [0.25, 0.3) is 0 Å². The summed E-state index contributed by atoms with van der Waals surface area (Å²) in [5.74, 6) is -0.00737. The molecule has 1 amide bonds. The standard InChI is InChI=1S/C12H17NO/c1-3-4-5-10-6-8-11(9-7-10)12(14)13-2/h6-9H,2-5,13H2,1H3. The first-order valence-electron chi connectivity index (χ1n) is 5.03. The summed E-state index contributed by atoms with van der Waals surface area (Å²) in [6.07, 6.45) is 3.50. The van der Waals surface area contributed by atoms with Crippen molar-refractivity contribution in [2.24, 2.45) is 0 Å². The number of carbonyl (C=O) groups excluding carboxylic acids is 1. The number of hydrogen-bond acceptors (Lipinski definition) is 1. The fourth-order valence-corrected chi connectivity index (χ4v) is 1.33. The van der Waals surface area contributed by atoms with Gasteiger partial charge in [0.25, 0.3) is 0 Å². The lowest BCUT2D eigenvalue weighted by Crippen LogP contribution is -2.81. The van der Waals surface area contributed by atoms with Gasteiger partial charge >= 0.3 is 5.91 Å². The van der Waals surface area contributed by atoms with E-state index in [1.54, 1.807) is 0 Å². The Hall–Kier alpha value is -1.15. The van der Waals surface area contributed by atoms with Crippen molar-refractivity contribution in [2.45, 2.75) is 26.2 Å². The zero-order valence-corrected chi connectivity index (χ0v) is 8.62. The molecule has 1 aromatic carbocycles. The smallest absolute Gasteiger partial charge is 0.316 e. The minimum atomic E-state index is -0.00737. The molecule has 0 aliphatic heterocycles. The molecular weight excluding hydrogens is 174 g/mol. The maximum absolute atomic E-state index is 11.2. The molecule has 14 heavy (non-hydrogen) atoms. The van der Waals surface area contributed by atoms with Crippen LogP contribution in [0.2, 0.25) is 0 Å². The molecule has 2 heteroatoms. The summed E-state index contributed by atoms with van der Waals surface area (Å²) in [6, 6.07) is 7.78. The molecule has 0 radical (unpaired) electrons. The van der Waals surface area contributed by atoms with Crippen LogP contribution < -0.4 is 5.32 Å². The van der Waals surface area contributed by atoms with Gasteiger partial charge in [-0.3, -0.25) is 0 Å². The van der Waals surface area contributed by atoms with Crippen LogP contribution in [-0.4, -0.2) is 5.91 Å². The Bertz CT molecular complexity index is 290. The zero-order valence-electron chi connectivity index (χ0n) is 8.62. The second-order valence-corrected chi connectivity index (χ2v) is 3.37. The van der Waals surface area contributed by atoms with Gasteiger partial charge in [0.15, 0.2) is 0 Å². The molecule has 76 valence electrons. The van der Waals surface area contributed by atoms with E-state index in [9.17, 15) is 4.79 Å². The van der Waals surface area contributed by atoms with Crippen molar-refractivity contribution in [2.75, 3.05) is 0 Å². The molecule has 2 nitrogen and oxygen atoms in total. The fourth-order valence-electron chi connectivity index (χ4n) is 1.33. The zero-order chi connectivity index (χ0) is 10.4. The van der Waals surface area contributed by atoms with Crippen LogP contribution in [0.1, 0.15) is 35.7 Å². The summed E-state index contributed by atoms with van der Waals surface area (Å²) >= 11 is 0. The maximum Gasteiger partial charge on any atom is 0.316 e. The van der Waals surface area contributed by atoms with E-state index in [1.807, 2.05) is 24.3 Å². The minimum absolute atomic E-state index is 0.00737. The van der Waals surface area contributed by atoms with Crippen LogP contribution in [0.15, 0.2) is 24.3 Å². The first kappa shape index (κ1) is 10.9. The second-order valence-electron chi connectivity index (χ2n) is 3.37. The SMILES string of the molecule is [CH2-][NH2+]C(=O)c1ccc(CCCC)cc1. The average molecular weight is 191 g/mol. The molecule has 0 fully saturated rings. The van der Waals surface area contributed by atoms with E-state index >= 15 is 0 Å². The van der Waals surface area contributed by atoms with E-state index in [1.165, 1.54) is 23.7 Å². The molecule has 0 heterocycles. The monoisotopic (exact) mass is 191 g/mol. The molecule has 1 rings (SSSR count). The Morgan fingerprint density at radius 1 is 1.36 bits per heavy atom. The third kappa shape index (κ3) is 2.96. The number of quaternary nitrogens is 1. The highest BCUT2D eigenvalue weighted by Crippen LogP contribution is 2.06. The van der Waals surface area contributed by atoms with Crippen molar-refractivity contribution in [3.05, 3.63) is 42.4 Å². The fraction of sp³-hybridized carbons (Fsp3) is 0.333. The third-order valence-electron chi connectivity index (χ3n) is 2.24. The summed E-state index contributed by atoms with van der Waals surface area (Å²) in [5.41, 5.74) is 2.02. The lowest BCUT2D eigenvalue weighted by Gasteiger charge is -2.01. The number of nitrogens with two attached hydrogens (primary N) is 1. The Morgan fingerprint density at radius 3 is 2.50 bits per heavy atom. The first-order chi connectivity index (χ1) is 6.77. The van der Waals surface area contributed by atoms with E-state index < -0.39 is 0 Å². The summed E-state index contributed by atoms with van der Waals surface area (Å²) < 4.78 is 0. The minimum Gasteiger partial charge on any atom is -0.411 e. The van der Waals surface area contributed by atoms with Crippen LogP contribution in [0.3, 0.4) is 0 Å². The molecule has 0 unspecified atom stereocenters. The quantitative estimate of drug-likeness (QED) is 0.719. The topological polar surface area (TPSA) is 33.7 Å². The number of unbranched alkanes of at least 4 members (excludes halogenated alkanes) is 1. The Labute approximate surface area is 85.3 Å². The van der Waals surface area contributed by atoms with Crippen molar-refractivity contribution in [3.8, 4) is 0 Å². The highest BCUT2D eigenvalue weighted by atomic mass is 16.1. The van der Waals surface area contributed by atoms with Gasteiger partial charge in [-0.15, -0.1) is 7.05 Å². The van der Waals surface area contributed by atoms with E-state index in [-0.39, 0.29) is 5.91 Å². The van der Waals surface area contributed by atoms with Crippen LogP contribution in [-0.2, 0) is 6.42 Å². The van der Waals surface area contributed by atoms with Crippen LogP contribution in [0, 0.1) is 7.05 Å². The van der Waals surface area contributed by atoms with Gasteiger partial charge < -0.3 is 5.32 Å². The third-order valence-corrected chi connectivity index (χ3v) is 2.24. The average Bonchev–Trinajstić information content (AvgIpc) is 2.26. The molecule has 0 atom stereocenters. The lowest BCUT2D eigenvalue weighted by atomic mass is 10.1. The van der Waals surface area contributed by atoms with Gasteiger partial charge in [-0.2, -0.15) is 0 Å². The normalized spacial score (nSPS) is 10.1. The summed E-state index contributed by atoms with van der Waals surface area (Å²) in [4.78, 5) is 11.2. The van der Waals surface area contributed by atoms with Crippen molar-refractivity contribution in [1.29, 1.82) is 0 Å². The van der Waals surface area contributed by atoms with Gasteiger partial charge in [0.1, 0.15) is 0 Å². The molecule has 0 aliphatic carbocycles. The highest BCUT2D eigenvalue weighted by Gasteiger charge is 2.03. The van der Waals surface area contributed by atoms with Crippen molar-refractivity contribution in [1.82, 2.24) is 0 Å². The first-order valence-corrected chi connectivity index (χ1v) is 5.03. The number of benzene rings is 1. The van der Waals surface area contributed by atoms with Crippen molar-refractivity contribution >= 4 is 5.91 Å². The van der Waals surface area contributed by atoms with Gasteiger partial charge in [0, 0.05) is 0 Å². The molecule has 2 N–H and O–H groups in total. The van der Waals surface area contributed by atoms with E-state index in [4.69, 9.17) is 0 Å². The molecule has 0 spiro atoms. The van der Waals surface area contributed by atoms with Crippen LogP contribution in [0.4, 0.5) is 0 Å². The molecule has 1 aromatic rings. The molecule has 0 aromatic heterocycles. The van der Waals surface area contributed by atoms with Gasteiger partial charge in [0.05, 0.1) is 5.56 Å². The highest BCUT2D eigenvalue weighted by molar-refractivity contribution is 5.86. The number of carbonyl (C=O) groups is 1. The molecule has 0 bridgehead atoms. The van der Waals surface area contributed by atoms with Gasteiger partial charge in [-0.25, -0.2) is 4.79 Å². The number of hydrogen-bond donors (Lipinski definition) is 1. The maximum atomic E-state index is 11.2. The van der Waals surface area contributed by atoms with Gasteiger partial charge in [0.2, 0.25) is 0 Å². The predicted molar refractivity (Wildman–Crippen MR) is 56.7 cm³/mol. The Morgan fingerprint density at radius 2 is 2.00 bits per heavy atom. The molecular formula is C12H17NO. The lowest BCUT2D eigenvalue weighted by molar-refractivity contribution is -0.489. The number of primary amides is 1. The Kier molecular flexibility index (Phi) is 4.33. The van der Waals surface area contributed by atoms with Crippen molar-refractivity contribution < 1.29 is 10.1 Å². The van der Waals surface area contributed by atoms with E-state index in [2.05, 4.69) is 14.0 Å². The molecule has 0 saturated carbocycles. The largest absolute Gasteiger partial charge is 0.411 e. The molecule has 0 aliphatic rings. The van der Waals surface area contributed by atoms with Crippen LogP contribution in [0.5, 0.6) is 0 Å². The second kappa shape index (κ2) is 5.55. The van der Waals surface area contributed by atoms with Crippen LogP contribution >= 0.6 is 0 Å².